The summed E-state index contributed by atoms with van der Waals surface area (Å²) in [6.45, 7) is 0. The summed E-state index contributed by atoms with van der Waals surface area (Å²) in [5.74, 6) is -4.52. The predicted octanol–water partition coefficient (Wildman–Crippen LogP) is 4.26. The Morgan fingerprint density at radius 1 is 1.11 bits per heavy atom. The number of benzene rings is 1. The van der Waals surface area contributed by atoms with Gasteiger partial charge in [-0.05, 0) is 54.7 Å². The molecular formula is C23H22ClF5N6. The lowest BCUT2D eigenvalue weighted by molar-refractivity contribution is -0.141. The molecule has 1 saturated carbocycles. The highest BCUT2D eigenvalue weighted by atomic mass is 35.5. The van der Waals surface area contributed by atoms with Crippen LogP contribution in [0.5, 0.6) is 0 Å². The number of hydrogen-bond donors (Lipinski definition) is 3. The first-order chi connectivity index (χ1) is 16.4. The summed E-state index contributed by atoms with van der Waals surface area (Å²) in [6, 6.07) is 8.29. The second-order valence-corrected chi connectivity index (χ2v) is 9.63. The highest BCUT2D eigenvalue weighted by molar-refractivity contribution is 6.30. The number of pyridine rings is 1. The van der Waals surface area contributed by atoms with Crippen molar-refractivity contribution in [2.45, 2.75) is 56.0 Å². The van der Waals surface area contributed by atoms with Gasteiger partial charge in [0.05, 0.1) is 6.04 Å². The number of halogens is 6. The van der Waals surface area contributed by atoms with Gasteiger partial charge in [-0.2, -0.15) is 13.2 Å². The molecule has 2 aliphatic carbocycles. The van der Waals surface area contributed by atoms with Crippen LogP contribution in [0.2, 0.25) is 5.02 Å². The molecule has 3 atom stereocenters. The lowest BCUT2D eigenvalue weighted by Crippen LogP contribution is -2.67. The van der Waals surface area contributed by atoms with Crippen LogP contribution < -0.4 is 16.4 Å². The maximum absolute atomic E-state index is 13.7. The minimum atomic E-state index is -4.65. The normalized spacial score (nSPS) is 28.9. The smallest absolute Gasteiger partial charge is 0.319 e. The van der Waals surface area contributed by atoms with Crippen LogP contribution in [0, 0.1) is 5.92 Å². The molecule has 2 heterocycles. The van der Waals surface area contributed by atoms with E-state index in [1.807, 2.05) is 12.1 Å². The number of nitrogens with one attached hydrogen (secondary N) is 2. The molecule has 0 radical (unpaired) electrons. The number of nitrogens with zero attached hydrogens (tertiary/aromatic N) is 3. The van der Waals surface area contributed by atoms with Gasteiger partial charge in [0.2, 0.25) is 5.92 Å². The number of rotatable bonds is 3. The molecule has 5 rings (SSSR count). The van der Waals surface area contributed by atoms with Gasteiger partial charge in [-0.1, -0.05) is 23.7 Å². The number of aliphatic imine (C=N–C) groups is 2. The van der Waals surface area contributed by atoms with E-state index in [0.29, 0.717) is 17.9 Å². The Morgan fingerprint density at radius 2 is 1.89 bits per heavy atom. The molecule has 35 heavy (non-hydrogen) atoms. The van der Waals surface area contributed by atoms with Gasteiger partial charge >= 0.3 is 6.18 Å². The Labute approximate surface area is 202 Å². The molecule has 0 bridgehead atoms. The van der Waals surface area contributed by atoms with E-state index in [0.717, 1.165) is 17.2 Å². The summed E-state index contributed by atoms with van der Waals surface area (Å²) >= 11 is 6.12. The average molecular weight is 513 g/mol. The van der Waals surface area contributed by atoms with Crippen molar-refractivity contribution in [3.05, 3.63) is 63.9 Å². The molecule has 3 unspecified atom stereocenters. The molecule has 1 aromatic heterocycles. The minimum absolute atomic E-state index is 0.0187. The first-order valence-corrected chi connectivity index (χ1v) is 11.5. The summed E-state index contributed by atoms with van der Waals surface area (Å²) in [7, 11) is 0. The van der Waals surface area contributed by atoms with Crippen molar-refractivity contribution in [2.24, 2.45) is 21.6 Å². The maximum atomic E-state index is 13.7. The van der Waals surface area contributed by atoms with Crippen LogP contribution in [-0.2, 0) is 19.0 Å². The van der Waals surface area contributed by atoms with Gasteiger partial charge in [-0.3, -0.25) is 5.73 Å². The van der Waals surface area contributed by atoms with Gasteiger partial charge in [0, 0.05) is 23.8 Å². The third kappa shape index (κ3) is 4.97. The fourth-order valence-corrected chi connectivity index (χ4v) is 4.99. The van der Waals surface area contributed by atoms with E-state index in [9.17, 15) is 22.0 Å². The fraction of sp³-hybridized carbons (Fsp3) is 0.435. The van der Waals surface area contributed by atoms with Crippen LogP contribution >= 0.6 is 11.6 Å². The van der Waals surface area contributed by atoms with E-state index in [2.05, 4.69) is 25.6 Å². The molecule has 186 valence electrons. The monoisotopic (exact) mass is 512 g/mol. The molecule has 0 spiro atoms. The zero-order chi connectivity index (χ0) is 25.0. The second-order valence-electron chi connectivity index (χ2n) is 9.19. The molecule has 0 amide bonds. The van der Waals surface area contributed by atoms with E-state index >= 15 is 0 Å². The van der Waals surface area contributed by atoms with Crippen molar-refractivity contribution in [2.75, 3.05) is 0 Å². The number of fused-ring (bicyclic) bond motifs is 1. The first-order valence-electron chi connectivity index (χ1n) is 11.1. The highest BCUT2D eigenvalue weighted by Crippen LogP contribution is 2.37. The minimum Gasteiger partial charge on any atom is -0.319 e. The average Bonchev–Trinajstić information content (AvgIpc) is 3.35. The van der Waals surface area contributed by atoms with Crippen molar-refractivity contribution >= 4 is 23.4 Å². The number of aromatic nitrogens is 1. The summed E-state index contributed by atoms with van der Waals surface area (Å²) in [5, 5.41) is 6.43. The van der Waals surface area contributed by atoms with Crippen LogP contribution in [0.1, 0.15) is 41.8 Å². The molecule has 2 aromatic rings. The second kappa shape index (κ2) is 8.41. The van der Waals surface area contributed by atoms with Crippen molar-refractivity contribution in [1.29, 1.82) is 0 Å². The molecule has 1 fully saturated rings. The number of nitrogens with two attached hydrogens (primary N) is 1. The lowest BCUT2D eigenvalue weighted by Gasteiger charge is -2.38. The van der Waals surface area contributed by atoms with Crippen molar-refractivity contribution in [1.82, 2.24) is 15.6 Å². The highest BCUT2D eigenvalue weighted by Gasteiger charge is 2.44. The van der Waals surface area contributed by atoms with Gasteiger partial charge in [0.25, 0.3) is 0 Å². The third-order valence-corrected chi connectivity index (χ3v) is 6.78. The quantitative estimate of drug-likeness (QED) is 0.536. The van der Waals surface area contributed by atoms with Crippen molar-refractivity contribution < 1.29 is 22.0 Å². The van der Waals surface area contributed by atoms with Crippen LogP contribution in [-0.4, -0.2) is 34.5 Å². The summed E-state index contributed by atoms with van der Waals surface area (Å²) in [4.78, 5) is 12.6. The molecule has 12 heteroatoms. The van der Waals surface area contributed by atoms with Gasteiger partial charge in [0.15, 0.2) is 17.6 Å². The molecule has 6 nitrogen and oxygen atoms in total. The number of hydrogen-bond acceptors (Lipinski definition) is 4. The SMILES string of the molecule is NC1(C2Cc3ccc(Cl)cc3C2)N=C(c2cccc(C(F)(F)F)n2)NC(=NC2CCC(F)(F)C2)N1. The molecule has 1 aromatic carbocycles. The zero-order valence-electron chi connectivity index (χ0n) is 18.3. The molecule has 0 saturated heterocycles. The van der Waals surface area contributed by atoms with E-state index in [4.69, 9.17) is 17.3 Å². The fourth-order valence-electron chi connectivity index (χ4n) is 4.79. The van der Waals surface area contributed by atoms with Crippen LogP contribution in [0.25, 0.3) is 0 Å². The Bertz CT molecular complexity index is 1210. The standard InChI is InChI=1S/C23H22ClF5N6/c24-15-5-4-12-8-14(9-13(12)10-15)23(30)34-19(17-2-1-3-18(32-17)22(27,28)29)33-20(35-23)31-16-6-7-21(25,26)11-16/h1-5,10,14,16H,6-9,11,30H2,(H2,31,33,34,35). The number of alkyl halides is 5. The molecule has 4 N–H and O–H groups in total. The zero-order valence-corrected chi connectivity index (χ0v) is 19.1. The summed E-state index contributed by atoms with van der Waals surface area (Å²) in [5.41, 5.74) is 7.56. The van der Waals surface area contributed by atoms with Crippen LogP contribution in [0.15, 0.2) is 46.4 Å². The van der Waals surface area contributed by atoms with Crippen molar-refractivity contribution in [3.8, 4) is 0 Å². The number of amidine groups is 1. The number of guanidine groups is 1. The molecular weight excluding hydrogens is 491 g/mol. The van der Waals surface area contributed by atoms with Gasteiger partial charge in [0.1, 0.15) is 11.4 Å². The Kier molecular flexibility index (Phi) is 5.75. The Morgan fingerprint density at radius 3 is 2.60 bits per heavy atom. The molecule has 3 aliphatic rings. The Hall–Kier alpha value is -2.79. The van der Waals surface area contributed by atoms with E-state index in [1.54, 1.807) is 6.07 Å². The van der Waals surface area contributed by atoms with Gasteiger partial charge in [-0.25, -0.2) is 23.7 Å². The lowest BCUT2D eigenvalue weighted by atomic mass is 9.97. The predicted molar refractivity (Wildman–Crippen MR) is 121 cm³/mol. The van der Waals surface area contributed by atoms with Gasteiger partial charge in [-0.15, -0.1) is 0 Å². The van der Waals surface area contributed by atoms with Crippen LogP contribution in [0.3, 0.4) is 0 Å². The van der Waals surface area contributed by atoms with E-state index in [1.165, 1.54) is 12.1 Å². The van der Waals surface area contributed by atoms with Crippen LogP contribution in [0.4, 0.5) is 22.0 Å². The summed E-state index contributed by atoms with van der Waals surface area (Å²) in [6.07, 6.45) is -4.12. The third-order valence-electron chi connectivity index (χ3n) is 6.55. The topological polar surface area (TPSA) is 87.7 Å². The van der Waals surface area contributed by atoms with E-state index < -0.39 is 36.0 Å². The molecule has 1 aliphatic heterocycles. The largest absolute Gasteiger partial charge is 0.433 e. The maximum Gasteiger partial charge on any atom is 0.433 e. The Balaban J connectivity index is 1.51. The first kappa shape index (κ1) is 23.9. The summed E-state index contributed by atoms with van der Waals surface area (Å²) < 4.78 is 67.3. The van der Waals surface area contributed by atoms with Gasteiger partial charge < -0.3 is 10.6 Å². The van der Waals surface area contributed by atoms with Crippen molar-refractivity contribution in [3.63, 3.8) is 0 Å². The van der Waals surface area contributed by atoms with E-state index in [-0.39, 0.29) is 36.2 Å².